The van der Waals surface area contributed by atoms with Gasteiger partial charge in [0.15, 0.2) is 0 Å². The first-order valence-electron chi connectivity index (χ1n) is 10.4. The van der Waals surface area contributed by atoms with Gasteiger partial charge in [-0.3, -0.25) is 20.2 Å². The van der Waals surface area contributed by atoms with Gasteiger partial charge in [-0.1, -0.05) is 6.07 Å². The minimum Gasteiger partial charge on any atom is -0.406 e. The van der Waals surface area contributed by atoms with Crippen LogP contribution in [0.15, 0.2) is 54.9 Å². The van der Waals surface area contributed by atoms with Crippen molar-refractivity contribution in [3.05, 3.63) is 71.8 Å². The van der Waals surface area contributed by atoms with Crippen molar-refractivity contribution in [2.75, 3.05) is 10.6 Å². The third-order valence-corrected chi connectivity index (χ3v) is 5.18. The van der Waals surface area contributed by atoms with Gasteiger partial charge >= 0.3 is 6.36 Å². The number of hydrogen-bond acceptors (Lipinski definition) is 6. The van der Waals surface area contributed by atoms with Crippen LogP contribution < -0.4 is 15.4 Å². The van der Waals surface area contributed by atoms with E-state index in [0.29, 0.717) is 27.5 Å². The summed E-state index contributed by atoms with van der Waals surface area (Å²) in [4.78, 5) is 43.7. The number of aromatic nitrogens is 5. The molecule has 3 heterocycles. The number of halogens is 3. The molecule has 0 atom stereocenters. The number of nitrogens with one attached hydrogen (secondary N) is 4. The number of hydrogen-bond donors (Lipinski definition) is 4. The molecular weight excluding hydrogens is 479 g/mol. The topological polar surface area (TPSA) is 138 Å². The van der Waals surface area contributed by atoms with E-state index >= 15 is 0 Å². The molecule has 13 heteroatoms. The molecule has 0 saturated carbocycles. The van der Waals surface area contributed by atoms with Gasteiger partial charge in [-0.15, -0.1) is 13.2 Å². The number of pyridine rings is 1. The second-order valence-corrected chi connectivity index (χ2v) is 7.66. The highest BCUT2D eigenvalue weighted by atomic mass is 19.4. The van der Waals surface area contributed by atoms with Gasteiger partial charge in [-0.25, -0.2) is 15.0 Å². The number of aryl methyl sites for hydroxylation is 1. The van der Waals surface area contributed by atoms with Gasteiger partial charge in [-0.2, -0.15) is 0 Å². The zero-order chi connectivity index (χ0) is 25.4. The third-order valence-electron chi connectivity index (χ3n) is 5.18. The Hall–Kier alpha value is -4.94. The molecule has 36 heavy (non-hydrogen) atoms. The summed E-state index contributed by atoms with van der Waals surface area (Å²) in [5.74, 6) is -1.19. The van der Waals surface area contributed by atoms with Gasteiger partial charge in [0.1, 0.15) is 17.0 Å². The highest BCUT2D eigenvalue weighted by Crippen LogP contribution is 2.28. The maximum atomic E-state index is 12.9. The molecule has 2 amide bonds. The number of aromatic amines is 2. The van der Waals surface area contributed by atoms with Crippen molar-refractivity contribution < 1.29 is 27.5 Å². The molecule has 0 aliphatic carbocycles. The first-order valence-corrected chi connectivity index (χ1v) is 10.4. The van der Waals surface area contributed by atoms with Crippen molar-refractivity contribution in [1.29, 1.82) is 0 Å². The average Bonchev–Trinajstić information content (AvgIpc) is 3.46. The van der Waals surface area contributed by atoms with Crippen LogP contribution in [0.4, 0.5) is 25.1 Å². The fraction of sp³-hybridized carbons (Fsp3) is 0.0870. The van der Waals surface area contributed by atoms with Gasteiger partial charge in [0, 0.05) is 23.5 Å². The van der Waals surface area contributed by atoms with Crippen LogP contribution in [0.3, 0.4) is 0 Å². The molecule has 2 aromatic carbocycles. The number of H-pyrrole nitrogens is 2. The number of fused-ring (bicyclic) bond motifs is 2. The number of ether oxygens (including phenoxy) is 1. The SMILES string of the molecule is Cc1nc(C(=O)Nc2nc3c(C(=O)Nc4ncc[nH]4)cccc3[nH]2)cc2cc(OC(F)(F)F)ccc12. The molecule has 0 fully saturated rings. The molecular formula is C23H16F3N7O3. The molecule has 182 valence electrons. The molecule has 0 radical (unpaired) electrons. The molecule has 0 spiro atoms. The van der Waals surface area contributed by atoms with Gasteiger partial charge in [0.05, 0.1) is 11.1 Å². The van der Waals surface area contributed by atoms with Gasteiger partial charge in [0.2, 0.25) is 11.9 Å². The van der Waals surface area contributed by atoms with Crippen LogP contribution in [-0.4, -0.2) is 43.1 Å². The van der Waals surface area contributed by atoms with E-state index in [1.54, 1.807) is 31.3 Å². The number of carbonyl (C=O) groups is 2. The van der Waals surface area contributed by atoms with Gasteiger partial charge in [-0.05, 0) is 48.7 Å². The quantitative estimate of drug-likeness (QED) is 0.282. The molecule has 0 unspecified atom stereocenters. The zero-order valence-electron chi connectivity index (χ0n) is 18.4. The van der Waals surface area contributed by atoms with Crippen LogP contribution in [-0.2, 0) is 0 Å². The summed E-state index contributed by atoms with van der Waals surface area (Å²) in [5.41, 5.74) is 1.46. The standard InChI is InChI=1S/C23H16F3N7O3/c1-11-14-6-5-13(36-23(24,25)26)9-12(14)10-17(29-11)20(35)33-22-30-16-4-2-3-15(18(16)31-22)19(34)32-21-27-7-8-28-21/h2-10H,1H3,(H2,27,28,32,34)(H2,30,31,33,35). The minimum absolute atomic E-state index is 0.0413. The molecule has 0 aliphatic rings. The smallest absolute Gasteiger partial charge is 0.406 e. The lowest BCUT2D eigenvalue weighted by molar-refractivity contribution is -0.274. The molecule has 0 saturated heterocycles. The summed E-state index contributed by atoms with van der Waals surface area (Å²) < 4.78 is 41.7. The zero-order valence-corrected chi connectivity index (χ0v) is 18.4. The van der Waals surface area contributed by atoms with Crippen molar-refractivity contribution in [1.82, 2.24) is 24.9 Å². The summed E-state index contributed by atoms with van der Waals surface area (Å²) in [7, 11) is 0. The predicted molar refractivity (Wildman–Crippen MR) is 124 cm³/mol. The summed E-state index contributed by atoms with van der Waals surface area (Å²) in [6, 6.07) is 10.1. The number of amides is 2. The average molecular weight is 495 g/mol. The van der Waals surface area contributed by atoms with E-state index in [0.717, 1.165) is 0 Å². The maximum Gasteiger partial charge on any atom is 0.573 e. The summed E-state index contributed by atoms with van der Waals surface area (Å²) in [6.07, 6.45) is -1.79. The molecule has 0 aliphatic heterocycles. The number of para-hydroxylation sites is 1. The lowest BCUT2D eigenvalue weighted by Crippen LogP contribution is -2.17. The Morgan fingerprint density at radius 2 is 1.81 bits per heavy atom. The van der Waals surface area contributed by atoms with E-state index in [4.69, 9.17) is 0 Å². The number of nitrogens with zero attached hydrogens (tertiary/aromatic N) is 3. The predicted octanol–water partition coefficient (Wildman–Crippen LogP) is 4.55. The Morgan fingerprint density at radius 3 is 2.56 bits per heavy atom. The first kappa shape index (κ1) is 22.8. The number of carbonyl (C=O) groups excluding carboxylic acids is 2. The Bertz CT molecular complexity index is 1610. The summed E-state index contributed by atoms with van der Waals surface area (Å²) >= 11 is 0. The van der Waals surface area contributed by atoms with Crippen molar-refractivity contribution >= 4 is 45.5 Å². The number of anilines is 2. The summed E-state index contributed by atoms with van der Waals surface area (Å²) in [5, 5.41) is 6.10. The van der Waals surface area contributed by atoms with E-state index in [1.165, 1.54) is 30.5 Å². The number of rotatable bonds is 5. The molecule has 10 nitrogen and oxygen atoms in total. The highest BCUT2D eigenvalue weighted by molar-refractivity contribution is 6.12. The van der Waals surface area contributed by atoms with Gasteiger partial charge < -0.3 is 14.7 Å². The number of imidazole rings is 2. The normalized spacial score (nSPS) is 11.6. The molecule has 3 aromatic heterocycles. The van der Waals surface area contributed by atoms with E-state index in [1.807, 2.05) is 0 Å². The fourth-order valence-electron chi connectivity index (χ4n) is 3.68. The Labute approximate surface area is 199 Å². The molecule has 5 aromatic rings. The second-order valence-electron chi connectivity index (χ2n) is 7.66. The van der Waals surface area contributed by atoms with E-state index in [-0.39, 0.29) is 23.2 Å². The van der Waals surface area contributed by atoms with Crippen molar-refractivity contribution in [2.45, 2.75) is 13.3 Å². The first-order chi connectivity index (χ1) is 17.2. The number of alkyl halides is 3. The lowest BCUT2D eigenvalue weighted by Gasteiger charge is -2.11. The van der Waals surface area contributed by atoms with E-state index < -0.39 is 23.9 Å². The molecule has 5 rings (SSSR count). The largest absolute Gasteiger partial charge is 0.573 e. The van der Waals surface area contributed by atoms with Crippen molar-refractivity contribution in [2.24, 2.45) is 0 Å². The van der Waals surface area contributed by atoms with E-state index in [2.05, 4.69) is 40.3 Å². The van der Waals surface area contributed by atoms with Crippen molar-refractivity contribution in [3.63, 3.8) is 0 Å². The van der Waals surface area contributed by atoms with Gasteiger partial charge in [0.25, 0.3) is 11.8 Å². The Kier molecular flexibility index (Phi) is 5.51. The molecule has 4 N–H and O–H groups in total. The minimum atomic E-state index is -4.84. The van der Waals surface area contributed by atoms with Crippen LogP contribution >= 0.6 is 0 Å². The third kappa shape index (κ3) is 4.66. The lowest BCUT2D eigenvalue weighted by atomic mass is 10.1. The Balaban J connectivity index is 1.41. The van der Waals surface area contributed by atoms with Crippen LogP contribution in [0.2, 0.25) is 0 Å². The van der Waals surface area contributed by atoms with Crippen molar-refractivity contribution in [3.8, 4) is 5.75 Å². The van der Waals surface area contributed by atoms with E-state index in [9.17, 15) is 22.8 Å². The van der Waals surface area contributed by atoms with Crippen LogP contribution in [0, 0.1) is 6.92 Å². The van der Waals surface area contributed by atoms with Crippen LogP contribution in [0.1, 0.15) is 26.5 Å². The monoisotopic (exact) mass is 495 g/mol. The maximum absolute atomic E-state index is 12.9. The number of benzene rings is 2. The van der Waals surface area contributed by atoms with Crippen LogP contribution in [0.25, 0.3) is 21.8 Å². The van der Waals surface area contributed by atoms with Crippen LogP contribution in [0.5, 0.6) is 5.75 Å². The summed E-state index contributed by atoms with van der Waals surface area (Å²) in [6.45, 7) is 1.63. The second kappa shape index (κ2) is 8.69. The molecule has 0 bridgehead atoms. The highest BCUT2D eigenvalue weighted by Gasteiger charge is 2.31. The fourth-order valence-corrected chi connectivity index (χ4v) is 3.68. The Morgan fingerprint density at radius 1 is 1.00 bits per heavy atom.